The molecule has 0 aromatic carbocycles. The summed E-state index contributed by atoms with van der Waals surface area (Å²) in [6, 6.07) is 0. The predicted molar refractivity (Wildman–Crippen MR) is 56.0 cm³/mol. The van der Waals surface area contributed by atoms with Gasteiger partial charge in [-0.2, -0.15) is 0 Å². The van der Waals surface area contributed by atoms with Gasteiger partial charge in [0.25, 0.3) is 0 Å². The highest BCUT2D eigenvalue weighted by atomic mass is 16.6. The van der Waals surface area contributed by atoms with Crippen LogP contribution in [0.4, 0.5) is 4.79 Å². The molecule has 1 aliphatic rings. The number of carbonyl (C=O) groups is 1. The molecule has 1 saturated carbocycles. The smallest absolute Gasteiger partial charge is 0.407 e. The number of alkyl carbamates (subject to hydrolysis) is 1. The van der Waals surface area contributed by atoms with Crippen molar-refractivity contribution >= 4 is 6.09 Å². The van der Waals surface area contributed by atoms with E-state index in [1.54, 1.807) is 0 Å². The fourth-order valence-electron chi connectivity index (χ4n) is 1.30. The maximum Gasteiger partial charge on any atom is 0.407 e. The lowest BCUT2D eigenvalue weighted by atomic mass is 10.1. The number of amides is 1. The average molecular weight is 216 g/mol. The van der Waals surface area contributed by atoms with Crippen LogP contribution >= 0.6 is 0 Å². The van der Waals surface area contributed by atoms with Gasteiger partial charge in [-0.1, -0.05) is 0 Å². The van der Waals surface area contributed by atoms with Gasteiger partial charge in [0.15, 0.2) is 0 Å². The summed E-state index contributed by atoms with van der Waals surface area (Å²) in [5.74, 6) is 5.02. The van der Waals surface area contributed by atoms with Gasteiger partial charge in [-0.05, 0) is 33.6 Å². The number of hydrogen-bond acceptors (Lipinski definition) is 4. The molecule has 0 radical (unpaired) electrons. The minimum atomic E-state index is -0.453. The Balaban J connectivity index is 2.23. The van der Waals surface area contributed by atoms with E-state index in [-0.39, 0.29) is 11.5 Å². The van der Waals surface area contributed by atoms with Gasteiger partial charge in [0.05, 0.1) is 6.61 Å². The van der Waals surface area contributed by atoms with Crippen LogP contribution in [0.1, 0.15) is 33.6 Å². The van der Waals surface area contributed by atoms with E-state index in [9.17, 15) is 4.79 Å². The minimum absolute atomic E-state index is 0.0473. The number of ether oxygens (including phenoxy) is 1. The minimum Gasteiger partial charge on any atom is -0.444 e. The van der Waals surface area contributed by atoms with E-state index in [1.807, 2.05) is 20.8 Å². The summed E-state index contributed by atoms with van der Waals surface area (Å²) in [4.78, 5) is 15.9. The Morgan fingerprint density at radius 1 is 1.47 bits per heavy atom. The first-order valence-corrected chi connectivity index (χ1v) is 5.15. The molecule has 15 heavy (non-hydrogen) atoms. The van der Waals surface area contributed by atoms with Crippen molar-refractivity contribution in [3.63, 3.8) is 0 Å². The second kappa shape index (κ2) is 4.37. The molecule has 0 saturated heterocycles. The highest BCUT2D eigenvalue weighted by Gasteiger charge is 2.43. The van der Waals surface area contributed by atoms with Gasteiger partial charge < -0.3 is 14.9 Å². The predicted octanol–water partition coefficient (Wildman–Crippen LogP) is 1.18. The Hall–Kier alpha value is -0.810. The monoisotopic (exact) mass is 216 g/mol. The van der Waals surface area contributed by atoms with Crippen LogP contribution in [0.3, 0.4) is 0 Å². The zero-order valence-corrected chi connectivity index (χ0v) is 9.63. The van der Waals surface area contributed by atoms with E-state index in [2.05, 4.69) is 10.2 Å². The number of nitrogens with two attached hydrogens (primary N) is 1. The molecule has 0 aromatic heterocycles. The molecule has 0 aromatic rings. The molecule has 0 spiro atoms. The molecule has 0 atom stereocenters. The maximum atomic E-state index is 11.3. The first-order chi connectivity index (χ1) is 6.87. The summed E-state index contributed by atoms with van der Waals surface area (Å²) < 4.78 is 5.12. The Kier molecular flexibility index (Phi) is 3.57. The molecule has 1 amide bonds. The van der Waals surface area contributed by atoms with Gasteiger partial charge in [0, 0.05) is 12.0 Å². The van der Waals surface area contributed by atoms with E-state index in [4.69, 9.17) is 10.6 Å². The molecule has 1 rings (SSSR count). The van der Waals surface area contributed by atoms with E-state index < -0.39 is 5.60 Å². The highest BCUT2D eigenvalue weighted by molar-refractivity contribution is 5.67. The Morgan fingerprint density at radius 3 is 2.47 bits per heavy atom. The molecule has 0 unspecified atom stereocenters. The normalized spacial score (nSPS) is 18.4. The van der Waals surface area contributed by atoms with Crippen LogP contribution in [0.25, 0.3) is 0 Å². The Morgan fingerprint density at radius 2 is 2.07 bits per heavy atom. The molecule has 3 N–H and O–H groups in total. The molecule has 5 heteroatoms. The lowest BCUT2D eigenvalue weighted by Gasteiger charge is -2.21. The lowest BCUT2D eigenvalue weighted by molar-refractivity contribution is 0.0479. The largest absolute Gasteiger partial charge is 0.444 e. The van der Waals surface area contributed by atoms with Crippen molar-refractivity contribution in [2.45, 2.75) is 39.2 Å². The van der Waals surface area contributed by atoms with Gasteiger partial charge >= 0.3 is 6.09 Å². The summed E-state index contributed by atoms with van der Waals surface area (Å²) in [7, 11) is 0. The van der Waals surface area contributed by atoms with Crippen molar-refractivity contribution in [3.8, 4) is 0 Å². The second-order valence-corrected chi connectivity index (χ2v) is 5.17. The van der Waals surface area contributed by atoms with Gasteiger partial charge in [0.2, 0.25) is 0 Å². The fraction of sp³-hybridized carbons (Fsp3) is 0.900. The number of rotatable bonds is 4. The molecular weight excluding hydrogens is 196 g/mol. The number of nitrogens with one attached hydrogen (secondary N) is 1. The quantitative estimate of drug-likeness (QED) is 0.692. The molecular formula is C10H20N2O3. The Labute approximate surface area is 90.3 Å². The van der Waals surface area contributed by atoms with Crippen molar-refractivity contribution < 1.29 is 14.4 Å². The van der Waals surface area contributed by atoms with Crippen LogP contribution in [-0.4, -0.2) is 24.8 Å². The van der Waals surface area contributed by atoms with Gasteiger partial charge in [-0.15, -0.1) is 0 Å². The van der Waals surface area contributed by atoms with Gasteiger partial charge in [0.1, 0.15) is 5.60 Å². The third-order valence-electron chi connectivity index (χ3n) is 2.35. The number of carbonyl (C=O) groups excluding carboxylic acids is 1. The third-order valence-corrected chi connectivity index (χ3v) is 2.35. The highest BCUT2D eigenvalue weighted by Crippen LogP contribution is 2.44. The van der Waals surface area contributed by atoms with Crippen LogP contribution < -0.4 is 11.2 Å². The Bertz CT molecular complexity index is 231. The van der Waals surface area contributed by atoms with Crippen LogP contribution in [0.2, 0.25) is 0 Å². The summed E-state index contributed by atoms with van der Waals surface area (Å²) in [5.41, 5.74) is -0.406. The van der Waals surface area contributed by atoms with Crippen LogP contribution in [0, 0.1) is 5.41 Å². The molecule has 0 heterocycles. The molecule has 1 fully saturated rings. The van der Waals surface area contributed by atoms with E-state index in [0.29, 0.717) is 13.2 Å². The first-order valence-electron chi connectivity index (χ1n) is 5.15. The van der Waals surface area contributed by atoms with Crippen LogP contribution in [-0.2, 0) is 9.57 Å². The summed E-state index contributed by atoms with van der Waals surface area (Å²) >= 11 is 0. The van der Waals surface area contributed by atoms with Crippen molar-refractivity contribution in [3.05, 3.63) is 0 Å². The topological polar surface area (TPSA) is 73.6 Å². The standard InChI is InChI=1S/C10H20N2O3/c1-9(2,3)15-8(13)12-6-10(4-5-10)7-14-11/h4-7,11H2,1-3H3,(H,12,13). The lowest BCUT2D eigenvalue weighted by Crippen LogP contribution is -2.37. The van der Waals surface area contributed by atoms with Gasteiger partial charge in [-0.3, -0.25) is 0 Å². The van der Waals surface area contributed by atoms with E-state index in [0.717, 1.165) is 12.8 Å². The average Bonchev–Trinajstić information content (AvgIpc) is 2.80. The SMILES string of the molecule is CC(C)(C)OC(=O)NCC1(CON)CC1. The van der Waals surface area contributed by atoms with Crippen LogP contribution in [0.5, 0.6) is 0 Å². The van der Waals surface area contributed by atoms with Gasteiger partial charge in [-0.25, -0.2) is 10.7 Å². The van der Waals surface area contributed by atoms with Crippen molar-refractivity contribution in [2.75, 3.05) is 13.2 Å². The molecule has 1 aliphatic carbocycles. The zero-order valence-electron chi connectivity index (χ0n) is 9.63. The zero-order chi connectivity index (χ0) is 11.5. The van der Waals surface area contributed by atoms with Crippen LogP contribution in [0.15, 0.2) is 0 Å². The summed E-state index contributed by atoms with van der Waals surface area (Å²) in [6.45, 7) is 6.56. The second-order valence-electron chi connectivity index (χ2n) is 5.17. The van der Waals surface area contributed by atoms with E-state index in [1.165, 1.54) is 0 Å². The third kappa shape index (κ3) is 4.48. The van der Waals surface area contributed by atoms with E-state index >= 15 is 0 Å². The molecule has 0 aliphatic heterocycles. The molecule has 5 nitrogen and oxygen atoms in total. The van der Waals surface area contributed by atoms with Crippen molar-refractivity contribution in [1.82, 2.24) is 5.32 Å². The summed E-state index contributed by atoms with van der Waals surface area (Å²) in [6.07, 6.45) is 1.70. The number of hydrogen-bond donors (Lipinski definition) is 2. The van der Waals surface area contributed by atoms with Crippen molar-refractivity contribution in [1.29, 1.82) is 0 Å². The first kappa shape index (κ1) is 12.3. The maximum absolute atomic E-state index is 11.3. The molecule has 0 bridgehead atoms. The fourth-order valence-corrected chi connectivity index (χ4v) is 1.30. The van der Waals surface area contributed by atoms with Crippen molar-refractivity contribution in [2.24, 2.45) is 11.3 Å². The molecule has 88 valence electrons. The summed E-state index contributed by atoms with van der Waals surface area (Å²) in [5, 5.41) is 2.73.